The molecule has 2 nitrogen and oxygen atoms in total. The first kappa shape index (κ1) is 16.9. The Balaban J connectivity index is 2.99. The number of carboxylic acid groups (broad SMARTS) is 1. The van der Waals surface area contributed by atoms with Crippen LogP contribution in [0.15, 0.2) is 12.1 Å². The highest BCUT2D eigenvalue weighted by Gasteiger charge is 2.30. The molecule has 0 unspecified atom stereocenters. The van der Waals surface area contributed by atoms with Crippen LogP contribution in [0.4, 0.5) is 26.3 Å². The minimum absolute atomic E-state index is 0.0260. The standard InChI is InChI=1S/C15H8F6O2/c1-2-5-3-6(16)4-7(8(5)15(22)23)9-10(17)12(19)14(21)13(20)11(9)18/h3-4H,2H2,1H3,(H,22,23). The molecule has 2 aromatic carbocycles. The summed E-state index contributed by atoms with van der Waals surface area (Å²) in [5.74, 6) is -14.1. The molecule has 0 fully saturated rings. The summed E-state index contributed by atoms with van der Waals surface area (Å²) in [6.45, 7) is 1.45. The van der Waals surface area contributed by atoms with Crippen LogP contribution < -0.4 is 0 Å². The van der Waals surface area contributed by atoms with E-state index >= 15 is 0 Å². The van der Waals surface area contributed by atoms with Crippen molar-refractivity contribution in [3.05, 3.63) is 58.2 Å². The maximum Gasteiger partial charge on any atom is 0.336 e. The normalized spacial score (nSPS) is 10.9. The summed E-state index contributed by atoms with van der Waals surface area (Å²) >= 11 is 0. The Morgan fingerprint density at radius 1 is 0.913 bits per heavy atom. The van der Waals surface area contributed by atoms with Crippen LogP contribution in [0.1, 0.15) is 22.8 Å². The molecule has 0 atom stereocenters. The quantitative estimate of drug-likeness (QED) is 0.512. The van der Waals surface area contributed by atoms with Gasteiger partial charge in [-0.25, -0.2) is 31.1 Å². The molecule has 2 rings (SSSR count). The topological polar surface area (TPSA) is 37.3 Å². The van der Waals surface area contributed by atoms with Gasteiger partial charge in [-0.3, -0.25) is 0 Å². The second-order valence-corrected chi connectivity index (χ2v) is 4.59. The van der Waals surface area contributed by atoms with E-state index in [1.165, 1.54) is 6.92 Å². The molecule has 23 heavy (non-hydrogen) atoms. The first-order valence-electron chi connectivity index (χ1n) is 6.28. The zero-order valence-corrected chi connectivity index (χ0v) is 11.5. The van der Waals surface area contributed by atoms with Crippen LogP contribution in [0, 0.1) is 34.9 Å². The third kappa shape index (κ3) is 2.64. The van der Waals surface area contributed by atoms with Crippen molar-refractivity contribution in [2.75, 3.05) is 0 Å². The monoisotopic (exact) mass is 334 g/mol. The van der Waals surface area contributed by atoms with Crippen molar-refractivity contribution >= 4 is 5.97 Å². The molecule has 8 heteroatoms. The van der Waals surface area contributed by atoms with E-state index in [-0.39, 0.29) is 12.0 Å². The van der Waals surface area contributed by atoms with Gasteiger partial charge in [-0.15, -0.1) is 0 Å². The highest BCUT2D eigenvalue weighted by Crippen LogP contribution is 2.35. The summed E-state index contributed by atoms with van der Waals surface area (Å²) in [4.78, 5) is 11.3. The molecule has 0 spiro atoms. The number of halogens is 6. The number of aryl methyl sites for hydroxylation is 1. The molecule has 0 saturated carbocycles. The Labute approximate surface area is 126 Å². The van der Waals surface area contributed by atoms with Crippen LogP contribution in [0.3, 0.4) is 0 Å². The minimum Gasteiger partial charge on any atom is -0.478 e. The molecule has 0 bridgehead atoms. The average Bonchev–Trinajstić information content (AvgIpc) is 2.50. The van der Waals surface area contributed by atoms with Crippen molar-refractivity contribution in [3.8, 4) is 11.1 Å². The lowest BCUT2D eigenvalue weighted by molar-refractivity contribution is 0.0696. The largest absolute Gasteiger partial charge is 0.478 e. The summed E-state index contributed by atoms with van der Waals surface area (Å²) < 4.78 is 81.0. The summed E-state index contributed by atoms with van der Waals surface area (Å²) in [6, 6.07) is 1.24. The molecule has 0 saturated heterocycles. The van der Waals surface area contributed by atoms with E-state index in [1.807, 2.05) is 0 Å². The summed E-state index contributed by atoms with van der Waals surface area (Å²) in [6.07, 6.45) is -0.0260. The van der Waals surface area contributed by atoms with E-state index in [0.29, 0.717) is 6.07 Å². The maximum absolute atomic E-state index is 13.9. The molecule has 0 aliphatic rings. The third-order valence-corrected chi connectivity index (χ3v) is 3.26. The number of rotatable bonds is 3. The van der Waals surface area contributed by atoms with Gasteiger partial charge in [-0.2, -0.15) is 0 Å². The molecular weight excluding hydrogens is 326 g/mol. The minimum atomic E-state index is -2.38. The molecule has 122 valence electrons. The summed E-state index contributed by atoms with van der Waals surface area (Å²) in [7, 11) is 0. The number of carbonyl (C=O) groups is 1. The second kappa shape index (κ2) is 5.94. The number of hydrogen-bond acceptors (Lipinski definition) is 1. The lowest BCUT2D eigenvalue weighted by Crippen LogP contribution is -2.10. The van der Waals surface area contributed by atoms with Gasteiger partial charge in [0.15, 0.2) is 23.3 Å². The van der Waals surface area contributed by atoms with Crippen LogP contribution in [-0.4, -0.2) is 11.1 Å². The fourth-order valence-corrected chi connectivity index (χ4v) is 2.23. The lowest BCUT2D eigenvalue weighted by Gasteiger charge is -2.14. The van der Waals surface area contributed by atoms with Gasteiger partial charge >= 0.3 is 5.97 Å². The number of carboxylic acids is 1. The van der Waals surface area contributed by atoms with Crippen LogP contribution >= 0.6 is 0 Å². The highest BCUT2D eigenvalue weighted by molar-refractivity contribution is 5.98. The van der Waals surface area contributed by atoms with Crippen LogP contribution in [0.25, 0.3) is 11.1 Å². The van der Waals surface area contributed by atoms with Crippen LogP contribution in [0.5, 0.6) is 0 Å². The van der Waals surface area contributed by atoms with E-state index < -0.39 is 57.6 Å². The van der Waals surface area contributed by atoms with Crippen molar-refractivity contribution in [3.63, 3.8) is 0 Å². The van der Waals surface area contributed by atoms with E-state index in [9.17, 15) is 36.2 Å². The van der Waals surface area contributed by atoms with Gasteiger partial charge in [-0.05, 0) is 24.1 Å². The smallest absolute Gasteiger partial charge is 0.336 e. The number of hydrogen-bond donors (Lipinski definition) is 1. The third-order valence-electron chi connectivity index (χ3n) is 3.26. The van der Waals surface area contributed by atoms with Gasteiger partial charge in [0, 0.05) is 5.56 Å². The fraction of sp³-hybridized carbons (Fsp3) is 0.133. The van der Waals surface area contributed by atoms with Gasteiger partial charge in [-0.1, -0.05) is 6.92 Å². The molecule has 0 heterocycles. The van der Waals surface area contributed by atoms with Crippen LogP contribution in [-0.2, 0) is 6.42 Å². The summed E-state index contributed by atoms with van der Waals surface area (Å²) in [5, 5.41) is 9.18. The van der Waals surface area contributed by atoms with Crippen molar-refractivity contribution in [1.82, 2.24) is 0 Å². The molecular formula is C15H8F6O2. The van der Waals surface area contributed by atoms with E-state index in [2.05, 4.69) is 0 Å². The fourth-order valence-electron chi connectivity index (χ4n) is 2.23. The SMILES string of the molecule is CCc1cc(F)cc(-c2c(F)c(F)c(F)c(F)c2F)c1C(=O)O. The Hall–Kier alpha value is -2.51. The Bertz CT molecular complexity index is 787. The number of aromatic carboxylic acids is 1. The molecule has 1 N–H and O–H groups in total. The van der Waals surface area contributed by atoms with Crippen molar-refractivity contribution in [2.24, 2.45) is 0 Å². The molecule has 0 amide bonds. The van der Waals surface area contributed by atoms with Crippen LogP contribution in [0.2, 0.25) is 0 Å². The lowest BCUT2D eigenvalue weighted by atomic mass is 9.93. The van der Waals surface area contributed by atoms with E-state index in [4.69, 9.17) is 0 Å². The van der Waals surface area contributed by atoms with Gasteiger partial charge in [0.05, 0.1) is 11.1 Å². The predicted octanol–water partition coefficient (Wildman–Crippen LogP) is 4.45. The Kier molecular flexibility index (Phi) is 4.35. The predicted molar refractivity (Wildman–Crippen MR) is 68.0 cm³/mol. The van der Waals surface area contributed by atoms with Gasteiger partial charge < -0.3 is 5.11 Å². The highest BCUT2D eigenvalue weighted by atomic mass is 19.2. The zero-order chi connectivity index (χ0) is 17.5. The first-order chi connectivity index (χ1) is 10.7. The van der Waals surface area contributed by atoms with Gasteiger partial charge in [0.25, 0.3) is 0 Å². The second-order valence-electron chi connectivity index (χ2n) is 4.59. The van der Waals surface area contributed by atoms with Gasteiger partial charge in [0.2, 0.25) is 5.82 Å². The maximum atomic E-state index is 13.9. The molecule has 0 aromatic heterocycles. The van der Waals surface area contributed by atoms with Crippen molar-refractivity contribution in [1.29, 1.82) is 0 Å². The molecule has 2 aromatic rings. The first-order valence-corrected chi connectivity index (χ1v) is 6.28. The molecule has 0 aliphatic carbocycles. The average molecular weight is 334 g/mol. The van der Waals surface area contributed by atoms with Crippen molar-refractivity contribution < 1.29 is 36.2 Å². The van der Waals surface area contributed by atoms with E-state index in [0.717, 1.165) is 6.07 Å². The molecule has 0 radical (unpaired) electrons. The van der Waals surface area contributed by atoms with Gasteiger partial charge in [0.1, 0.15) is 5.82 Å². The zero-order valence-electron chi connectivity index (χ0n) is 11.5. The Morgan fingerprint density at radius 3 is 1.83 bits per heavy atom. The summed E-state index contributed by atoms with van der Waals surface area (Å²) in [5.41, 5.74) is -3.26. The van der Waals surface area contributed by atoms with Crippen molar-refractivity contribution in [2.45, 2.75) is 13.3 Å². The Morgan fingerprint density at radius 2 is 1.39 bits per heavy atom. The number of benzene rings is 2. The van der Waals surface area contributed by atoms with E-state index in [1.54, 1.807) is 0 Å². The molecule has 0 aliphatic heterocycles.